The van der Waals surface area contributed by atoms with E-state index in [-0.39, 0.29) is 0 Å². The summed E-state index contributed by atoms with van der Waals surface area (Å²) in [5.41, 5.74) is 4.24. The van der Waals surface area contributed by atoms with Crippen molar-refractivity contribution in [2.75, 3.05) is 0 Å². The highest BCUT2D eigenvalue weighted by atomic mass is 79.9. The second-order valence-corrected chi connectivity index (χ2v) is 5.79. The Morgan fingerprint density at radius 3 is 2.86 bits per heavy atom. The van der Waals surface area contributed by atoms with Crippen molar-refractivity contribution < 1.29 is 4.52 Å². The molecule has 21 heavy (non-hydrogen) atoms. The van der Waals surface area contributed by atoms with Gasteiger partial charge in [0.15, 0.2) is 0 Å². The van der Waals surface area contributed by atoms with E-state index in [1.807, 2.05) is 18.2 Å². The van der Waals surface area contributed by atoms with Crippen molar-refractivity contribution >= 4 is 15.9 Å². The molecule has 0 saturated heterocycles. The van der Waals surface area contributed by atoms with Crippen LogP contribution in [0.25, 0.3) is 23.0 Å². The number of hydrogen-bond donors (Lipinski definition) is 1. The zero-order valence-corrected chi connectivity index (χ0v) is 12.6. The smallest absolute Gasteiger partial charge is 0.258 e. The second-order valence-electron chi connectivity index (χ2n) is 4.87. The molecule has 6 heteroatoms. The Bertz CT molecular complexity index is 798. The Morgan fingerprint density at radius 1 is 1.10 bits per heavy atom. The molecule has 1 aromatic carbocycles. The molecule has 1 N–H and O–H groups in total. The van der Waals surface area contributed by atoms with Gasteiger partial charge in [-0.1, -0.05) is 11.2 Å². The zero-order valence-electron chi connectivity index (χ0n) is 11.0. The molecule has 5 nitrogen and oxygen atoms in total. The van der Waals surface area contributed by atoms with E-state index >= 15 is 0 Å². The zero-order chi connectivity index (χ0) is 14.2. The number of fused-ring (bicyclic) bond motifs is 1. The monoisotopic (exact) mass is 342 g/mol. The van der Waals surface area contributed by atoms with E-state index in [4.69, 9.17) is 4.52 Å². The van der Waals surface area contributed by atoms with Gasteiger partial charge < -0.3 is 9.84 Å². The van der Waals surface area contributed by atoms with Crippen molar-refractivity contribution in [1.82, 2.24) is 20.4 Å². The topological polar surface area (TPSA) is 63.8 Å². The lowest BCUT2D eigenvalue weighted by atomic mass is 10.1. The van der Waals surface area contributed by atoms with Crippen LogP contribution in [0.1, 0.15) is 11.1 Å². The fourth-order valence-electron chi connectivity index (χ4n) is 2.38. The van der Waals surface area contributed by atoms with Crippen LogP contribution in [0.15, 0.2) is 45.5 Å². The molecular formula is C15H11BrN4O. The summed E-state index contributed by atoms with van der Waals surface area (Å²) in [6, 6.07) is 9.97. The molecule has 0 aliphatic carbocycles. The lowest BCUT2D eigenvalue weighted by Gasteiger charge is -1.99. The first-order chi connectivity index (χ1) is 10.3. The van der Waals surface area contributed by atoms with E-state index in [1.54, 1.807) is 6.20 Å². The van der Waals surface area contributed by atoms with Crippen LogP contribution in [-0.4, -0.2) is 15.1 Å². The number of nitrogens with zero attached hydrogens (tertiary/aromatic N) is 3. The largest absolute Gasteiger partial charge is 0.334 e. The van der Waals surface area contributed by atoms with Gasteiger partial charge >= 0.3 is 0 Å². The van der Waals surface area contributed by atoms with Crippen LogP contribution < -0.4 is 5.32 Å². The Morgan fingerprint density at radius 2 is 2.00 bits per heavy atom. The number of aromatic nitrogens is 3. The molecule has 0 amide bonds. The molecular weight excluding hydrogens is 332 g/mol. The Kier molecular flexibility index (Phi) is 3.05. The molecule has 0 bridgehead atoms. The quantitative estimate of drug-likeness (QED) is 0.774. The van der Waals surface area contributed by atoms with Gasteiger partial charge in [0.05, 0.1) is 0 Å². The predicted molar refractivity (Wildman–Crippen MR) is 81.2 cm³/mol. The fourth-order valence-corrected chi connectivity index (χ4v) is 2.62. The molecule has 2 aromatic heterocycles. The van der Waals surface area contributed by atoms with Crippen LogP contribution in [0.2, 0.25) is 0 Å². The van der Waals surface area contributed by atoms with Crippen molar-refractivity contribution in [3.63, 3.8) is 0 Å². The average Bonchev–Trinajstić information content (AvgIpc) is 3.16. The van der Waals surface area contributed by atoms with Crippen molar-refractivity contribution in [3.8, 4) is 23.0 Å². The summed E-state index contributed by atoms with van der Waals surface area (Å²) >= 11 is 3.36. The highest BCUT2D eigenvalue weighted by Crippen LogP contribution is 2.25. The highest BCUT2D eigenvalue weighted by Gasteiger charge is 2.15. The van der Waals surface area contributed by atoms with Crippen LogP contribution in [0, 0.1) is 0 Å². The van der Waals surface area contributed by atoms with Gasteiger partial charge in [-0.25, -0.2) is 0 Å². The van der Waals surface area contributed by atoms with E-state index in [2.05, 4.69) is 48.5 Å². The number of rotatable bonds is 2. The van der Waals surface area contributed by atoms with Crippen molar-refractivity contribution in [2.45, 2.75) is 13.1 Å². The summed E-state index contributed by atoms with van der Waals surface area (Å²) < 4.78 is 6.28. The Hall–Kier alpha value is -2.05. The van der Waals surface area contributed by atoms with Crippen molar-refractivity contribution in [3.05, 3.63) is 52.1 Å². The van der Waals surface area contributed by atoms with E-state index in [1.165, 1.54) is 11.1 Å². The van der Waals surface area contributed by atoms with Gasteiger partial charge in [-0.05, 0) is 51.3 Å². The van der Waals surface area contributed by atoms with Crippen molar-refractivity contribution in [1.29, 1.82) is 0 Å². The molecule has 104 valence electrons. The van der Waals surface area contributed by atoms with Gasteiger partial charge in [0.2, 0.25) is 5.82 Å². The Balaban J connectivity index is 1.69. The van der Waals surface area contributed by atoms with Crippen LogP contribution in [0.4, 0.5) is 0 Å². The van der Waals surface area contributed by atoms with Gasteiger partial charge in [0.1, 0.15) is 5.69 Å². The summed E-state index contributed by atoms with van der Waals surface area (Å²) in [5.74, 6) is 1.01. The summed E-state index contributed by atoms with van der Waals surface area (Å²) in [7, 11) is 0. The minimum absolute atomic E-state index is 0.496. The summed E-state index contributed by atoms with van der Waals surface area (Å²) in [4.78, 5) is 8.70. The van der Waals surface area contributed by atoms with Gasteiger partial charge in [-0.2, -0.15) is 4.98 Å². The molecule has 1 aliphatic rings. The van der Waals surface area contributed by atoms with Crippen LogP contribution in [0.3, 0.4) is 0 Å². The minimum atomic E-state index is 0.496. The van der Waals surface area contributed by atoms with Gasteiger partial charge in [-0.15, -0.1) is 0 Å². The molecule has 0 fully saturated rings. The maximum atomic E-state index is 5.36. The maximum Gasteiger partial charge on any atom is 0.258 e. The van der Waals surface area contributed by atoms with E-state index < -0.39 is 0 Å². The third-order valence-corrected chi connectivity index (χ3v) is 3.94. The normalized spacial score (nSPS) is 13.4. The third kappa shape index (κ3) is 2.36. The van der Waals surface area contributed by atoms with E-state index in [0.29, 0.717) is 17.4 Å². The van der Waals surface area contributed by atoms with Crippen molar-refractivity contribution in [2.24, 2.45) is 0 Å². The lowest BCUT2D eigenvalue weighted by molar-refractivity contribution is 0.432. The van der Waals surface area contributed by atoms with Crippen LogP contribution in [0.5, 0.6) is 0 Å². The molecule has 4 rings (SSSR count). The molecule has 3 aromatic rings. The van der Waals surface area contributed by atoms with E-state index in [0.717, 1.165) is 23.1 Å². The lowest BCUT2D eigenvalue weighted by Crippen LogP contribution is -1.99. The summed E-state index contributed by atoms with van der Waals surface area (Å²) in [6.45, 7) is 1.81. The minimum Gasteiger partial charge on any atom is -0.334 e. The Labute approximate surface area is 129 Å². The standard InChI is InChI=1S/C15H11BrN4O/c16-12-3-4-13(18-8-12)14-19-15(21-20-14)9-1-2-10-6-17-7-11(10)5-9/h1-5,8,17H,6-7H2. The molecule has 0 unspecified atom stereocenters. The molecule has 0 spiro atoms. The SMILES string of the molecule is Brc1ccc(-c2noc(-c3ccc4c(c3)CNC4)n2)nc1. The number of pyridine rings is 1. The maximum absolute atomic E-state index is 5.36. The third-order valence-electron chi connectivity index (χ3n) is 3.47. The fraction of sp³-hybridized carbons (Fsp3) is 0.133. The molecule has 0 saturated carbocycles. The number of nitrogens with one attached hydrogen (secondary N) is 1. The first kappa shape index (κ1) is 12.7. The number of benzene rings is 1. The highest BCUT2D eigenvalue weighted by molar-refractivity contribution is 9.10. The molecule has 3 heterocycles. The number of halogens is 1. The molecule has 0 radical (unpaired) electrons. The number of hydrogen-bond acceptors (Lipinski definition) is 5. The van der Waals surface area contributed by atoms with Gasteiger partial charge in [0, 0.05) is 29.3 Å². The summed E-state index contributed by atoms with van der Waals surface area (Å²) in [6.07, 6.45) is 1.71. The van der Waals surface area contributed by atoms with Crippen LogP contribution in [-0.2, 0) is 13.1 Å². The average molecular weight is 343 g/mol. The van der Waals surface area contributed by atoms with Gasteiger partial charge in [0.25, 0.3) is 5.89 Å². The molecule has 0 atom stereocenters. The molecule has 1 aliphatic heterocycles. The van der Waals surface area contributed by atoms with Gasteiger partial charge in [-0.3, -0.25) is 4.98 Å². The first-order valence-electron chi connectivity index (χ1n) is 6.58. The predicted octanol–water partition coefficient (Wildman–Crippen LogP) is 3.16. The first-order valence-corrected chi connectivity index (χ1v) is 7.37. The van der Waals surface area contributed by atoms with Crippen LogP contribution >= 0.6 is 15.9 Å². The summed E-state index contributed by atoms with van der Waals surface area (Å²) in [5, 5.41) is 7.33. The van der Waals surface area contributed by atoms with E-state index in [9.17, 15) is 0 Å². The second kappa shape index (κ2) is 5.05.